The molecule has 0 amide bonds. The first kappa shape index (κ1) is 11.5. The summed E-state index contributed by atoms with van der Waals surface area (Å²) in [5.41, 5.74) is 1.14. The van der Waals surface area contributed by atoms with E-state index >= 15 is 0 Å². The van der Waals surface area contributed by atoms with Crippen LogP contribution in [0.25, 0.3) is 0 Å². The van der Waals surface area contributed by atoms with Crippen molar-refractivity contribution in [3.05, 3.63) is 23.4 Å². The van der Waals surface area contributed by atoms with Crippen molar-refractivity contribution < 1.29 is 15.0 Å². The van der Waals surface area contributed by atoms with E-state index in [0.29, 0.717) is 13.1 Å². The molecule has 0 aliphatic carbocycles. The standard InChI is InChI=1S/C10H14N2O3/c13-6-5-11-3-1-8-2-4-12-9(7-8)10(14)15/h1,3,7,12-13H,2,4-6H2,(H,14,15). The Morgan fingerprint density at radius 3 is 3.13 bits per heavy atom. The van der Waals surface area contributed by atoms with Crippen molar-refractivity contribution >= 4 is 12.2 Å². The van der Waals surface area contributed by atoms with E-state index in [0.717, 1.165) is 12.0 Å². The Morgan fingerprint density at radius 1 is 1.67 bits per heavy atom. The molecule has 0 atom stereocenters. The van der Waals surface area contributed by atoms with Gasteiger partial charge in [-0.1, -0.05) is 0 Å². The summed E-state index contributed by atoms with van der Waals surface area (Å²) in [5.74, 6) is -0.951. The molecule has 1 heterocycles. The minimum absolute atomic E-state index is 0.0252. The molecule has 5 nitrogen and oxygen atoms in total. The van der Waals surface area contributed by atoms with Crippen LogP contribution < -0.4 is 5.32 Å². The lowest BCUT2D eigenvalue weighted by molar-refractivity contribution is -0.133. The number of carboxylic acids is 1. The van der Waals surface area contributed by atoms with E-state index < -0.39 is 5.97 Å². The van der Waals surface area contributed by atoms with Gasteiger partial charge < -0.3 is 15.5 Å². The zero-order valence-electron chi connectivity index (χ0n) is 8.31. The number of aliphatic hydroxyl groups is 1. The van der Waals surface area contributed by atoms with Gasteiger partial charge in [0.15, 0.2) is 0 Å². The van der Waals surface area contributed by atoms with Crippen LogP contribution in [-0.2, 0) is 4.79 Å². The predicted molar refractivity (Wildman–Crippen MR) is 56.9 cm³/mol. The molecule has 0 bridgehead atoms. The van der Waals surface area contributed by atoms with Gasteiger partial charge in [0.25, 0.3) is 0 Å². The number of hydrogen-bond donors (Lipinski definition) is 3. The summed E-state index contributed by atoms with van der Waals surface area (Å²) in [6.07, 6.45) is 5.73. The Balaban J connectivity index is 2.62. The lowest BCUT2D eigenvalue weighted by Crippen LogP contribution is -2.25. The normalized spacial score (nSPS) is 19.0. The molecule has 1 rings (SSSR count). The summed E-state index contributed by atoms with van der Waals surface area (Å²) < 4.78 is 0. The fourth-order valence-electron chi connectivity index (χ4n) is 1.20. The Kier molecular flexibility index (Phi) is 4.56. The van der Waals surface area contributed by atoms with Crippen molar-refractivity contribution in [2.75, 3.05) is 19.7 Å². The highest BCUT2D eigenvalue weighted by Gasteiger charge is 2.11. The quantitative estimate of drug-likeness (QED) is 0.568. The van der Waals surface area contributed by atoms with Crippen LogP contribution in [0.2, 0.25) is 0 Å². The highest BCUT2D eigenvalue weighted by Crippen LogP contribution is 2.10. The van der Waals surface area contributed by atoms with Crippen LogP contribution in [0.15, 0.2) is 28.4 Å². The number of hydrogen-bond acceptors (Lipinski definition) is 4. The molecule has 82 valence electrons. The maximum atomic E-state index is 10.7. The molecule has 0 aromatic rings. The molecule has 15 heavy (non-hydrogen) atoms. The van der Waals surface area contributed by atoms with Gasteiger partial charge in [-0.3, -0.25) is 4.99 Å². The van der Waals surface area contributed by atoms with Crippen LogP contribution in [0, 0.1) is 0 Å². The zero-order chi connectivity index (χ0) is 11.1. The molecule has 0 unspecified atom stereocenters. The van der Waals surface area contributed by atoms with Gasteiger partial charge in [0.05, 0.1) is 13.2 Å². The predicted octanol–water partition coefficient (Wildman–Crippen LogP) is -0.0623. The molecular weight excluding hydrogens is 196 g/mol. The third-order valence-electron chi connectivity index (χ3n) is 1.91. The highest BCUT2D eigenvalue weighted by molar-refractivity contribution is 5.87. The van der Waals surface area contributed by atoms with Crippen LogP contribution in [0.1, 0.15) is 6.42 Å². The Morgan fingerprint density at radius 2 is 2.47 bits per heavy atom. The molecule has 0 spiro atoms. The number of aliphatic carboxylic acids is 1. The molecule has 0 fully saturated rings. The lowest BCUT2D eigenvalue weighted by Gasteiger charge is -2.13. The number of allylic oxidation sites excluding steroid dienone is 2. The van der Waals surface area contributed by atoms with Gasteiger partial charge in [0.2, 0.25) is 0 Å². The number of nitrogens with one attached hydrogen (secondary N) is 1. The average Bonchev–Trinajstić information content (AvgIpc) is 2.25. The Hall–Kier alpha value is -1.62. The van der Waals surface area contributed by atoms with E-state index in [-0.39, 0.29) is 12.3 Å². The summed E-state index contributed by atoms with van der Waals surface area (Å²) in [7, 11) is 0. The van der Waals surface area contributed by atoms with Gasteiger partial charge in [0.1, 0.15) is 5.70 Å². The number of rotatable bonds is 4. The minimum Gasteiger partial charge on any atom is -0.477 e. The van der Waals surface area contributed by atoms with Crippen LogP contribution in [0.4, 0.5) is 0 Å². The van der Waals surface area contributed by atoms with Gasteiger partial charge in [-0.05, 0) is 24.1 Å². The van der Waals surface area contributed by atoms with Gasteiger partial charge in [-0.25, -0.2) is 4.79 Å². The maximum absolute atomic E-state index is 10.7. The molecule has 0 aromatic carbocycles. The van der Waals surface area contributed by atoms with Crippen molar-refractivity contribution in [1.82, 2.24) is 5.32 Å². The number of nitrogens with zero attached hydrogens (tertiary/aromatic N) is 1. The average molecular weight is 210 g/mol. The van der Waals surface area contributed by atoms with E-state index in [1.165, 1.54) is 0 Å². The Labute approximate surface area is 87.8 Å². The maximum Gasteiger partial charge on any atom is 0.351 e. The highest BCUT2D eigenvalue weighted by atomic mass is 16.4. The molecular formula is C10H14N2O3. The minimum atomic E-state index is -0.951. The molecule has 0 radical (unpaired) electrons. The van der Waals surface area contributed by atoms with Crippen molar-refractivity contribution in [3.8, 4) is 0 Å². The number of aliphatic imine (C=N–C) groups is 1. The fraction of sp³-hybridized carbons (Fsp3) is 0.400. The van der Waals surface area contributed by atoms with E-state index in [4.69, 9.17) is 10.2 Å². The monoisotopic (exact) mass is 210 g/mol. The topological polar surface area (TPSA) is 81.9 Å². The molecule has 0 aromatic heterocycles. The second-order valence-corrected chi connectivity index (χ2v) is 3.06. The van der Waals surface area contributed by atoms with Crippen molar-refractivity contribution in [2.24, 2.45) is 4.99 Å². The molecule has 1 aliphatic rings. The van der Waals surface area contributed by atoms with Crippen molar-refractivity contribution in [2.45, 2.75) is 6.42 Å². The SMILES string of the molecule is O=C(O)C1=CC(=CC=NCCO)CCN1. The van der Waals surface area contributed by atoms with Gasteiger partial charge in [-0.2, -0.15) is 0 Å². The summed E-state index contributed by atoms with van der Waals surface area (Å²) >= 11 is 0. The Bertz CT molecular complexity index is 319. The number of carbonyl (C=O) groups is 1. The second kappa shape index (κ2) is 5.98. The van der Waals surface area contributed by atoms with Gasteiger partial charge in [0, 0.05) is 12.8 Å². The van der Waals surface area contributed by atoms with E-state index in [2.05, 4.69) is 10.3 Å². The van der Waals surface area contributed by atoms with Crippen molar-refractivity contribution in [1.29, 1.82) is 0 Å². The van der Waals surface area contributed by atoms with Crippen LogP contribution >= 0.6 is 0 Å². The fourth-order valence-corrected chi connectivity index (χ4v) is 1.20. The summed E-state index contributed by atoms with van der Waals surface area (Å²) in [6, 6.07) is 0. The summed E-state index contributed by atoms with van der Waals surface area (Å²) in [4.78, 5) is 14.6. The summed E-state index contributed by atoms with van der Waals surface area (Å²) in [5, 5.41) is 20.0. The van der Waals surface area contributed by atoms with Crippen LogP contribution in [-0.4, -0.2) is 42.1 Å². The third-order valence-corrected chi connectivity index (χ3v) is 1.91. The summed E-state index contributed by atoms with van der Waals surface area (Å²) in [6.45, 7) is 1.02. The molecule has 0 saturated carbocycles. The number of carboxylic acid groups (broad SMARTS) is 1. The second-order valence-electron chi connectivity index (χ2n) is 3.06. The first-order valence-electron chi connectivity index (χ1n) is 4.72. The zero-order valence-corrected chi connectivity index (χ0v) is 8.31. The van der Waals surface area contributed by atoms with Crippen LogP contribution in [0.5, 0.6) is 0 Å². The first-order valence-corrected chi connectivity index (χ1v) is 4.72. The first-order chi connectivity index (χ1) is 7.24. The van der Waals surface area contributed by atoms with E-state index in [1.54, 1.807) is 18.4 Å². The van der Waals surface area contributed by atoms with Crippen molar-refractivity contribution in [3.63, 3.8) is 0 Å². The van der Waals surface area contributed by atoms with Gasteiger partial charge in [-0.15, -0.1) is 0 Å². The molecule has 3 N–H and O–H groups in total. The molecule has 1 aliphatic heterocycles. The largest absolute Gasteiger partial charge is 0.477 e. The van der Waals surface area contributed by atoms with E-state index in [9.17, 15) is 4.79 Å². The molecule has 5 heteroatoms. The van der Waals surface area contributed by atoms with E-state index in [1.807, 2.05) is 0 Å². The lowest BCUT2D eigenvalue weighted by atomic mass is 10.1. The smallest absolute Gasteiger partial charge is 0.351 e. The molecule has 0 saturated heterocycles. The van der Waals surface area contributed by atoms with Gasteiger partial charge >= 0.3 is 5.97 Å². The number of aliphatic hydroxyl groups excluding tert-OH is 1. The van der Waals surface area contributed by atoms with Crippen LogP contribution in [0.3, 0.4) is 0 Å². The third kappa shape index (κ3) is 3.95.